The minimum Gasteiger partial charge on any atom is -0.441 e. The molecule has 1 aromatic heterocycles. The van der Waals surface area contributed by atoms with Gasteiger partial charge in [0.25, 0.3) is 0 Å². The number of hydrogen-bond acceptors (Lipinski definition) is 4. The zero-order valence-electron chi connectivity index (χ0n) is 13.9. The van der Waals surface area contributed by atoms with Gasteiger partial charge in [-0.3, -0.25) is 4.79 Å². The van der Waals surface area contributed by atoms with Gasteiger partial charge in [0.15, 0.2) is 11.7 Å². The summed E-state index contributed by atoms with van der Waals surface area (Å²) in [5.74, 6) is 1.04. The lowest BCUT2D eigenvalue weighted by molar-refractivity contribution is -0.116. The Morgan fingerprint density at radius 2 is 1.62 bits per heavy atom. The van der Waals surface area contributed by atoms with Gasteiger partial charge >= 0.3 is 6.03 Å². The van der Waals surface area contributed by atoms with Gasteiger partial charge in [-0.2, -0.15) is 0 Å². The first-order valence-corrected chi connectivity index (χ1v) is 8.06. The van der Waals surface area contributed by atoms with Crippen molar-refractivity contribution in [3.63, 3.8) is 0 Å². The standard InChI is InChI=1S/C19H18N4O3/c20-19(25)23-15-8-6-14(7-9-15)22-17(24)10-11-18-21-12-16(26-18)13-4-2-1-3-5-13/h1-9,12H,10-11H2,(H,22,24)(H3,20,23,25). The average Bonchev–Trinajstić information content (AvgIpc) is 3.11. The fourth-order valence-corrected chi connectivity index (χ4v) is 2.38. The molecule has 0 radical (unpaired) electrons. The molecule has 0 spiro atoms. The molecule has 0 atom stereocenters. The van der Waals surface area contributed by atoms with E-state index in [4.69, 9.17) is 10.2 Å². The van der Waals surface area contributed by atoms with Crippen LogP contribution in [0, 0.1) is 0 Å². The van der Waals surface area contributed by atoms with Crippen molar-refractivity contribution in [3.05, 3.63) is 66.7 Å². The van der Waals surface area contributed by atoms with Crippen LogP contribution in [0.5, 0.6) is 0 Å². The number of hydrogen-bond donors (Lipinski definition) is 3. The van der Waals surface area contributed by atoms with Crippen molar-refractivity contribution in [3.8, 4) is 11.3 Å². The highest BCUT2D eigenvalue weighted by Crippen LogP contribution is 2.20. The number of benzene rings is 2. The number of nitrogens with two attached hydrogens (primary N) is 1. The van der Waals surface area contributed by atoms with E-state index in [-0.39, 0.29) is 12.3 Å². The number of anilines is 2. The van der Waals surface area contributed by atoms with Crippen molar-refractivity contribution in [2.45, 2.75) is 12.8 Å². The highest BCUT2D eigenvalue weighted by Gasteiger charge is 2.09. The molecular weight excluding hydrogens is 332 g/mol. The Morgan fingerprint density at radius 3 is 2.27 bits per heavy atom. The summed E-state index contributed by atoms with van der Waals surface area (Å²) in [6.45, 7) is 0. The number of carbonyl (C=O) groups is 2. The van der Waals surface area contributed by atoms with E-state index in [1.54, 1.807) is 30.5 Å². The third-order valence-corrected chi connectivity index (χ3v) is 3.61. The number of oxazole rings is 1. The summed E-state index contributed by atoms with van der Waals surface area (Å²) in [4.78, 5) is 27.0. The van der Waals surface area contributed by atoms with Crippen LogP contribution in [0.1, 0.15) is 12.3 Å². The summed E-state index contributed by atoms with van der Waals surface area (Å²) in [6.07, 6.45) is 2.31. The van der Waals surface area contributed by atoms with Gasteiger partial charge in [0, 0.05) is 29.8 Å². The molecule has 3 aromatic rings. The largest absolute Gasteiger partial charge is 0.441 e. The maximum Gasteiger partial charge on any atom is 0.316 e. The summed E-state index contributed by atoms with van der Waals surface area (Å²) < 4.78 is 5.68. The zero-order chi connectivity index (χ0) is 18.4. The number of urea groups is 1. The van der Waals surface area contributed by atoms with Gasteiger partial charge in [-0.15, -0.1) is 0 Å². The molecule has 0 saturated carbocycles. The second-order valence-corrected chi connectivity index (χ2v) is 5.60. The van der Waals surface area contributed by atoms with E-state index in [0.29, 0.717) is 29.4 Å². The molecule has 3 amide bonds. The van der Waals surface area contributed by atoms with Crippen molar-refractivity contribution >= 4 is 23.3 Å². The van der Waals surface area contributed by atoms with Crippen LogP contribution < -0.4 is 16.4 Å². The lowest BCUT2D eigenvalue weighted by Gasteiger charge is -2.06. The Hall–Kier alpha value is -3.61. The van der Waals surface area contributed by atoms with E-state index in [1.807, 2.05) is 30.3 Å². The van der Waals surface area contributed by atoms with Crippen LogP contribution in [0.15, 0.2) is 65.2 Å². The molecule has 0 aliphatic rings. The first kappa shape index (κ1) is 17.2. The van der Waals surface area contributed by atoms with E-state index in [1.165, 1.54) is 0 Å². The van der Waals surface area contributed by atoms with Gasteiger partial charge in [0.05, 0.1) is 6.20 Å². The van der Waals surface area contributed by atoms with E-state index in [2.05, 4.69) is 15.6 Å². The zero-order valence-corrected chi connectivity index (χ0v) is 13.9. The molecule has 7 heteroatoms. The maximum atomic E-state index is 12.1. The lowest BCUT2D eigenvalue weighted by Crippen LogP contribution is -2.19. The Balaban J connectivity index is 1.51. The minimum absolute atomic E-state index is 0.153. The molecule has 0 aliphatic heterocycles. The summed E-state index contributed by atoms with van der Waals surface area (Å²) >= 11 is 0. The molecule has 3 rings (SSSR count). The van der Waals surface area contributed by atoms with Crippen LogP contribution in [0.2, 0.25) is 0 Å². The smallest absolute Gasteiger partial charge is 0.316 e. The number of aromatic nitrogens is 1. The molecule has 132 valence electrons. The summed E-state index contributed by atoms with van der Waals surface area (Å²) in [5, 5.41) is 5.23. The van der Waals surface area contributed by atoms with Crippen LogP contribution in [0.25, 0.3) is 11.3 Å². The minimum atomic E-state index is -0.636. The molecule has 0 fully saturated rings. The number of carbonyl (C=O) groups excluding carboxylic acids is 2. The summed E-state index contributed by atoms with van der Waals surface area (Å²) in [6, 6.07) is 15.7. The van der Waals surface area contributed by atoms with E-state index < -0.39 is 6.03 Å². The van der Waals surface area contributed by atoms with Crippen molar-refractivity contribution in [1.29, 1.82) is 0 Å². The molecular formula is C19H18N4O3. The Kier molecular flexibility index (Phi) is 5.28. The number of amides is 3. The van der Waals surface area contributed by atoms with Crippen LogP contribution in [-0.2, 0) is 11.2 Å². The molecule has 0 aliphatic carbocycles. The van der Waals surface area contributed by atoms with Gasteiger partial charge in [-0.05, 0) is 24.3 Å². The summed E-state index contributed by atoms with van der Waals surface area (Å²) in [7, 11) is 0. The van der Waals surface area contributed by atoms with E-state index in [9.17, 15) is 9.59 Å². The van der Waals surface area contributed by atoms with Crippen molar-refractivity contribution in [2.24, 2.45) is 5.73 Å². The Bertz CT molecular complexity index is 889. The number of aryl methyl sites for hydroxylation is 1. The third kappa shape index (κ3) is 4.70. The highest BCUT2D eigenvalue weighted by atomic mass is 16.4. The molecule has 0 bridgehead atoms. The van der Waals surface area contributed by atoms with Crippen molar-refractivity contribution < 1.29 is 14.0 Å². The second kappa shape index (κ2) is 7.98. The molecule has 1 heterocycles. The van der Waals surface area contributed by atoms with E-state index in [0.717, 1.165) is 5.56 Å². The third-order valence-electron chi connectivity index (χ3n) is 3.61. The molecule has 0 saturated heterocycles. The van der Waals surface area contributed by atoms with Crippen LogP contribution in [0.3, 0.4) is 0 Å². The van der Waals surface area contributed by atoms with Gasteiger partial charge in [-0.1, -0.05) is 30.3 Å². The van der Waals surface area contributed by atoms with Crippen molar-refractivity contribution in [1.82, 2.24) is 4.98 Å². The molecule has 0 unspecified atom stereocenters. The SMILES string of the molecule is NC(=O)Nc1ccc(NC(=O)CCc2ncc(-c3ccccc3)o2)cc1. The second-order valence-electron chi connectivity index (χ2n) is 5.60. The topological polar surface area (TPSA) is 110 Å². The van der Waals surface area contributed by atoms with Gasteiger partial charge in [0.1, 0.15) is 0 Å². The van der Waals surface area contributed by atoms with Crippen molar-refractivity contribution in [2.75, 3.05) is 10.6 Å². The van der Waals surface area contributed by atoms with Gasteiger partial charge < -0.3 is 20.8 Å². The summed E-state index contributed by atoms with van der Waals surface area (Å²) in [5.41, 5.74) is 7.17. The average molecular weight is 350 g/mol. The molecule has 7 nitrogen and oxygen atoms in total. The number of nitrogens with one attached hydrogen (secondary N) is 2. The van der Waals surface area contributed by atoms with Crippen LogP contribution in [-0.4, -0.2) is 16.9 Å². The lowest BCUT2D eigenvalue weighted by atomic mass is 10.2. The first-order valence-electron chi connectivity index (χ1n) is 8.06. The Labute approximate surface area is 150 Å². The van der Waals surface area contributed by atoms with Crippen LogP contribution >= 0.6 is 0 Å². The fraction of sp³-hybridized carbons (Fsp3) is 0.105. The predicted octanol–water partition coefficient (Wildman–Crippen LogP) is 3.40. The van der Waals surface area contributed by atoms with Crippen LogP contribution in [0.4, 0.5) is 16.2 Å². The van der Waals surface area contributed by atoms with E-state index >= 15 is 0 Å². The Morgan fingerprint density at radius 1 is 0.962 bits per heavy atom. The molecule has 2 aromatic carbocycles. The molecule has 26 heavy (non-hydrogen) atoms. The number of primary amides is 1. The predicted molar refractivity (Wildman–Crippen MR) is 98.5 cm³/mol. The molecule has 4 N–H and O–H groups in total. The maximum absolute atomic E-state index is 12.1. The fourth-order valence-electron chi connectivity index (χ4n) is 2.38. The number of nitrogens with zero attached hydrogens (tertiary/aromatic N) is 1. The highest BCUT2D eigenvalue weighted by molar-refractivity contribution is 5.92. The first-order chi connectivity index (χ1) is 12.6. The normalized spacial score (nSPS) is 10.3. The van der Waals surface area contributed by atoms with Gasteiger partial charge in [0.2, 0.25) is 5.91 Å². The van der Waals surface area contributed by atoms with Gasteiger partial charge in [-0.25, -0.2) is 9.78 Å². The quantitative estimate of drug-likeness (QED) is 0.632. The number of rotatable bonds is 6. The monoisotopic (exact) mass is 350 g/mol.